The van der Waals surface area contributed by atoms with Crippen LogP contribution in [0, 0.1) is 0 Å². The minimum Gasteiger partial charge on any atom is -0.481 e. The number of carboxylic acid groups (broad SMARTS) is 1. The van der Waals surface area contributed by atoms with Crippen LogP contribution in [0.3, 0.4) is 0 Å². The summed E-state index contributed by atoms with van der Waals surface area (Å²) < 4.78 is 0. The zero-order chi connectivity index (χ0) is 12.9. The molecule has 0 saturated heterocycles. The van der Waals surface area contributed by atoms with Gasteiger partial charge in [-0.15, -0.1) is 0 Å². The fourth-order valence-electron chi connectivity index (χ4n) is 2.71. The molecular weight excluding hydrogens is 218 g/mol. The maximum absolute atomic E-state index is 10.7. The molecule has 100 valence electrons. The Labute approximate surface area is 104 Å². The second kappa shape index (κ2) is 6.36. The number of aliphatic carboxylic acids is 1. The zero-order valence-corrected chi connectivity index (χ0v) is 11.0. The Kier molecular flexibility index (Phi) is 5.40. The fourth-order valence-corrected chi connectivity index (χ4v) is 2.71. The second-order valence-electron chi connectivity index (χ2n) is 5.29. The van der Waals surface area contributed by atoms with Crippen molar-refractivity contribution in [1.29, 1.82) is 0 Å². The third-order valence-corrected chi connectivity index (χ3v) is 3.78. The lowest BCUT2D eigenvalue weighted by Gasteiger charge is -2.38. The van der Waals surface area contributed by atoms with Crippen molar-refractivity contribution in [2.24, 2.45) is 0 Å². The van der Waals surface area contributed by atoms with Gasteiger partial charge in [0.15, 0.2) is 0 Å². The first-order valence-electron chi connectivity index (χ1n) is 6.65. The van der Waals surface area contributed by atoms with Gasteiger partial charge < -0.3 is 10.2 Å². The number of hydrogen-bond acceptors (Lipinski definition) is 3. The summed E-state index contributed by atoms with van der Waals surface area (Å²) in [5, 5.41) is 19.3. The van der Waals surface area contributed by atoms with Gasteiger partial charge in [-0.2, -0.15) is 0 Å². The Bertz CT molecular complexity index is 249. The summed E-state index contributed by atoms with van der Waals surface area (Å²) >= 11 is 0. The molecule has 0 heterocycles. The molecule has 4 heteroatoms. The lowest BCUT2D eigenvalue weighted by Crippen LogP contribution is -2.48. The summed E-state index contributed by atoms with van der Waals surface area (Å²) in [5.74, 6) is -0.772. The minimum atomic E-state index is -0.772. The molecule has 0 aromatic carbocycles. The molecule has 1 atom stereocenters. The van der Waals surface area contributed by atoms with Crippen LogP contribution < -0.4 is 0 Å². The van der Waals surface area contributed by atoms with Crippen LogP contribution in [0.5, 0.6) is 0 Å². The second-order valence-corrected chi connectivity index (χ2v) is 5.29. The number of carbonyl (C=O) groups is 1. The van der Waals surface area contributed by atoms with Crippen molar-refractivity contribution in [1.82, 2.24) is 4.90 Å². The van der Waals surface area contributed by atoms with Crippen LogP contribution in [0.25, 0.3) is 0 Å². The lowest BCUT2D eigenvalue weighted by atomic mass is 9.84. The molecule has 4 nitrogen and oxygen atoms in total. The molecule has 0 aromatic rings. The predicted octanol–water partition coefficient (Wildman–Crippen LogP) is 1.87. The maximum Gasteiger partial charge on any atom is 0.304 e. The van der Waals surface area contributed by atoms with Crippen LogP contribution >= 0.6 is 0 Å². The summed E-state index contributed by atoms with van der Waals surface area (Å²) in [6.45, 7) is 5.34. The van der Waals surface area contributed by atoms with Crippen molar-refractivity contribution < 1.29 is 15.0 Å². The van der Waals surface area contributed by atoms with E-state index in [0.717, 1.165) is 32.2 Å². The molecule has 1 saturated carbocycles. The average molecular weight is 243 g/mol. The molecule has 1 unspecified atom stereocenters. The zero-order valence-electron chi connectivity index (χ0n) is 11.0. The van der Waals surface area contributed by atoms with Gasteiger partial charge in [-0.05, 0) is 26.3 Å². The molecule has 1 aliphatic carbocycles. The van der Waals surface area contributed by atoms with Crippen LogP contribution in [0.15, 0.2) is 0 Å². The molecule has 0 bridgehead atoms. The van der Waals surface area contributed by atoms with E-state index in [0.29, 0.717) is 6.54 Å². The van der Waals surface area contributed by atoms with E-state index in [2.05, 4.69) is 4.90 Å². The molecule has 0 amide bonds. The van der Waals surface area contributed by atoms with E-state index in [1.165, 1.54) is 6.42 Å². The van der Waals surface area contributed by atoms with E-state index in [-0.39, 0.29) is 12.5 Å². The summed E-state index contributed by atoms with van der Waals surface area (Å²) in [6, 6.07) is -0.0107. The van der Waals surface area contributed by atoms with Gasteiger partial charge in [0.2, 0.25) is 0 Å². The molecule has 0 radical (unpaired) electrons. The number of nitrogens with zero attached hydrogens (tertiary/aromatic N) is 1. The normalized spacial score (nSPS) is 21.4. The van der Waals surface area contributed by atoms with Gasteiger partial charge in [0.25, 0.3) is 0 Å². The Morgan fingerprint density at radius 1 is 1.35 bits per heavy atom. The fraction of sp³-hybridized carbons (Fsp3) is 0.923. The number of aliphatic hydroxyl groups is 1. The first-order chi connectivity index (χ1) is 7.97. The quantitative estimate of drug-likeness (QED) is 0.747. The van der Waals surface area contributed by atoms with Crippen LogP contribution in [-0.2, 0) is 4.79 Å². The third-order valence-electron chi connectivity index (χ3n) is 3.78. The predicted molar refractivity (Wildman–Crippen MR) is 67.0 cm³/mol. The highest BCUT2D eigenvalue weighted by Gasteiger charge is 2.32. The van der Waals surface area contributed by atoms with Crippen molar-refractivity contribution in [3.05, 3.63) is 0 Å². The molecule has 0 aliphatic heterocycles. The van der Waals surface area contributed by atoms with Gasteiger partial charge in [0.1, 0.15) is 0 Å². The minimum absolute atomic E-state index is 0.0107. The van der Waals surface area contributed by atoms with E-state index in [9.17, 15) is 9.90 Å². The van der Waals surface area contributed by atoms with Gasteiger partial charge in [-0.25, -0.2) is 0 Å². The topological polar surface area (TPSA) is 60.8 Å². The molecule has 0 aromatic heterocycles. The highest BCUT2D eigenvalue weighted by Crippen LogP contribution is 2.29. The summed E-state index contributed by atoms with van der Waals surface area (Å²) in [6.07, 6.45) is 5.22. The van der Waals surface area contributed by atoms with Gasteiger partial charge in [-0.1, -0.05) is 26.2 Å². The van der Waals surface area contributed by atoms with E-state index >= 15 is 0 Å². The number of hydrogen-bond donors (Lipinski definition) is 2. The van der Waals surface area contributed by atoms with Gasteiger partial charge >= 0.3 is 5.97 Å². The molecular formula is C13H25NO3. The molecule has 1 fully saturated rings. The number of carboxylic acids is 1. The first kappa shape index (κ1) is 14.5. The Morgan fingerprint density at radius 3 is 2.41 bits per heavy atom. The largest absolute Gasteiger partial charge is 0.481 e. The molecule has 2 N–H and O–H groups in total. The van der Waals surface area contributed by atoms with Crippen LogP contribution in [0.1, 0.15) is 52.4 Å². The van der Waals surface area contributed by atoms with Crippen molar-refractivity contribution in [3.63, 3.8) is 0 Å². The van der Waals surface area contributed by atoms with Crippen molar-refractivity contribution in [3.8, 4) is 0 Å². The highest BCUT2D eigenvalue weighted by atomic mass is 16.4. The molecule has 0 spiro atoms. The Balaban J connectivity index is 2.52. The number of likely N-dealkylation sites (N-methyl/N-ethyl adjacent to an activating group) is 1. The van der Waals surface area contributed by atoms with Gasteiger partial charge in [-0.3, -0.25) is 9.69 Å². The molecule has 17 heavy (non-hydrogen) atoms. The summed E-state index contributed by atoms with van der Waals surface area (Å²) in [5.41, 5.74) is -0.596. The van der Waals surface area contributed by atoms with Crippen molar-refractivity contribution in [2.45, 2.75) is 64.0 Å². The standard InChI is InChI=1S/C13H25NO3/c1-3-14(11(2)9-12(15)16)10-13(17)7-5-4-6-8-13/h11,17H,3-10H2,1-2H3,(H,15,16). The van der Waals surface area contributed by atoms with Gasteiger partial charge in [0.05, 0.1) is 12.0 Å². The van der Waals surface area contributed by atoms with E-state index in [1.54, 1.807) is 0 Å². The van der Waals surface area contributed by atoms with Crippen molar-refractivity contribution >= 4 is 5.97 Å². The Hall–Kier alpha value is -0.610. The van der Waals surface area contributed by atoms with Crippen LogP contribution in [-0.4, -0.2) is 45.8 Å². The third kappa shape index (κ3) is 4.64. The average Bonchev–Trinajstić information content (AvgIpc) is 2.26. The summed E-state index contributed by atoms with van der Waals surface area (Å²) in [4.78, 5) is 12.8. The molecule has 1 aliphatic rings. The maximum atomic E-state index is 10.7. The smallest absolute Gasteiger partial charge is 0.304 e. The number of rotatable bonds is 6. The summed E-state index contributed by atoms with van der Waals surface area (Å²) in [7, 11) is 0. The Morgan fingerprint density at radius 2 is 1.94 bits per heavy atom. The van der Waals surface area contributed by atoms with Gasteiger partial charge in [0, 0.05) is 12.6 Å². The van der Waals surface area contributed by atoms with E-state index < -0.39 is 11.6 Å². The van der Waals surface area contributed by atoms with E-state index in [4.69, 9.17) is 5.11 Å². The van der Waals surface area contributed by atoms with Crippen LogP contribution in [0.4, 0.5) is 0 Å². The SMILES string of the molecule is CCN(CC1(O)CCCCC1)C(C)CC(=O)O. The monoisotopic (exact) mass is 243 g/mol. The first-order valence-corrected chi connectivity index (χ1v) is 6.65. The highest BCUT2D eigenvalue weighted by molar-refractivity contribution is 5.67. The lowest BCUT2D eigenvalue weighted by molar-refractivity contribution is -0.138. The van der Waals surface area contributed by atoms with E-state index in [1.807, 2.05) is 13.8 Å². The molecule has 1 rings (SSSR count). The van der Waals surface area contributed by atoms with Crippen molar-refractivity contribution in [2.75, 3.05) is 13.1 Å². The van der Waals surface area contributed by atoms with Crippen LogP contribution in [0.2, 0.25) is 0 Å².